The molecule has 21 heavy (non-hydrogen) atoms. The Labute approximate surface area is 121 Å². The van der Waals surface area contributed by atoms with Crippen LogP contribution in [0.25, 0.3) is 6.08 Å². The molecule has 1 N–H and O–H groups in total. The molecule has 2 heterocycles. The van der Waals surface area contributed by atoms with Crippen molar-refractivity contribution < 1.29 is 19.0 Å². The van der Waals surface area contributed by atoms with Crippen LogP contribution in [0.5, 0.6) is 11.5 Å². The summed E-state index contributed by atoms with van der Waals surface area (Å²) in [6, 6.07) is 5.60. The van der Waals surface area contributed by atoms with Gasteiger partial charge in [0.2, 0.25) is 6.79 Å². The van der Waals surface area contributed by atoms with Gasteiger partial charge in [-0.05, 0) is 19.1 Å². The zero-order chi connectivity index (χ0) is 14.8. The number of hydrogen-bond acceptors (Lipinski definition) is 6. The van der Waals surface area contributed by atoms with Crippen LogP contribution in [0.15, 0.2) is 17.7 Å². The van der Waals surface area contributed by atoms with Crippen molar-refractivity contribution in [3.05, 3.63) is 23.3 Å². The number of nitriles is 1. The van der Waals surface area contributed by atoms with Gasteiger partial charge in [-0.25, -0.2) is 4.79 Å². The average molecular weight is 286 g/mol. The Morgan fingerprint density at radius 3 is 2.86 bits per heavy atom. The summed E-state index contributed by atoms with van der Waals surface area (Å²) in [6.07, 6.45) is 2.24. The number of benzene rings is 1. The van der Waals surface area contributed by atoms with Crippen molar-refractivity contribution in [2.75, 3.05) is 18.7 Å². The minimum Gasteiger partial charge on any atom is -0.459 e. The molecule has 1 atom stereocenters. The number of cyclic esters (lactones) is 1. The third-order valence-corrected chi connectivity index (χ3v) is 3.31. The van der Waals surface area contributed by atoms with Gasteiger partial charge in [0.15, 0.2) is 11.5 Å². The molecule has 108 valence electrons. The van der Waals surface area contributed by atoms with Crippen molar-refractivity contribution >= 4 is 17.7 Å². The number of rotatable bonds is 3. The lowest BCUT2D eigenvalue weighted by Gasteiger charge is -2.09. The molecule has 1 aromatic carbocycles. The molecule has 1 unspecified atom stereocenters. The van der Waals surface area contributed by atoms with Crippen LogP contribution in [0, 0.1) is 11.3 Å². The van der Waals surface area contributed by atoms with Crippen LogP contribution in [0.4, 0.5) is 5.69 Å². The van der Waals surface area contributed by atoms with Crippen LogP contribution >= 0.6 is 0 Å². The van der Waals surface area contributed by atoms with Crippen LogP contribution in [-0.2, 0) is 9.53 Å². The van der Waals surface area contributed by atoms with E-state index in [-0.39, 0.29) is 25.4 Å². The molecule has 0 aliphatic carbocycles. The summed E-state index contributed by atoms with van der Waals surface area (Å²) in [5, 5.41) is 11.7. The highest BCUT2D eigenvalue weighted by Crippen LogP contribution is 2.38. The van der Waals surface area contributed by atoms with Crippen LogP contribution in [0.3, 0.4) is 0 Å². The van der Waals surface area contributed by atoms with E-state index in [1.807, 2.05) is 13.0 Å². The van der Waals surface area contributed by atoms with Crippen LogP contribution < -0.4 is 14.8 Å². The highest BCUT2D eigenvalue weighted by molar-refractivity contribution is 5.96. The third-order valence-electron chi connectivity index (χ3n) is 3.31. The molecule has 0 spiro atoms. The van der Waals surface area contributed by atoms with E-state index in [1.54, 1.807) is 18.2 Å². The Bertz CT molecular complexity index is 660. The number of fused-ring (bicyclic) bond motifs is 1. The van der Waals surface area contributed by atoms with E-state index in [4.69, 9.17) is 19.5 Å². The predicted octanol–water partition coefficient (Wildman–Crippen LogP) is 2.07. The summed E-state index contributed by atoms with van der Waals surface area (Å²) >= 11 is 0. The first-order chi connectivity index (χ1) is 10.2. The Hall–Kier alpha value is -2.68. The van der Waals surface area contributed by atoms with Gasteiger partial charge in [-0.15, -0.1) is 0 Å². The van der Waals surface area contributed by atoms with Crippen molar-refractivity contribution in [2.45, 2.75) is 19.4 Å². The normalized spacial score (nSPS) is 21.2. The summed E-state index contributed by atoms with van der Waals surface area (Å²) in [7, 11) is 0. The number of ether oxygens (including phenoxy) is 3. The molecule has 1 fully saturated rings. The molecule has 2 aliphatic heterocycles. The molecular formula is C15H14N2O4. The SMILES string of the molecule is CC1CC(=Cc2cc3c(cc2NCC#N)OCO3)C(=O)O1. The molecule has 0 aromatic heterocycles. The minimum absolute atomic E-state index is 0.103. The molecule has 0 saturated carbocycles. The number of nitrogens with one attached hydrogen (secondary N) is 1. The quantitative estimate of drug-likeness (QED) is 0.520. The van der Waals surface area contributed by atoms with E-state index in [2.05, 4.69) is 5.32 Å². The van der Waals surface area contributed by atoms with E-state index in [9.17, 15) is 4.79 Å². The molecule has 0 bridgehead atoms. The summed E-state index contributed by atoms with van der Waals surface area (Å²) in [5.74, 6) is 0.954. The average Bonchev–Trinajstić information content (AvgIpc) is 3.02. The number of nitrogens with zero attached hydrogens (tertiary/aromatic N) is 1. The fourth-order valence-corrected chi connectivity index (χ4v) is 2.36. The van der Waals surface area contributed by atoms with E-state index in [0.29, 0.717) is 23.5 Å². The first-order valence-electron chi connectivity index (χ1n) is 6.63. The largest absolute Gasteiger partial charge is 0.459 e. The highest BCUT2D eigenvalue weighted by atomic mass is 16.7. The van der Waals surface area contributed by atoms with Crippen molar-refractivity contribution in [2.24, 2.45) is 0 Å². The topological polar surface area (TPSA) is 80.6 Å². The van der Waals surface area contributed by atoms with Gasteiger partial charge in [0.25, 0.3) is 0 Å². The summed E-state index contributed by atoms with van der Waals surface area (Å²) in [6.45, 7) is 2.19. The van der Waals surface area contributed by atoms with Gasteiger partial charge in [-0.2, -0.15) is 5.26 Å². The first kappa shape index (κ1) is 13.3. The molecule has 6 heteroatoms. The van der Waals surface area contributed by atoms with E-state index >= 15 is 0 Å². The number of hydrogen-bond donors (Lipinski definition) is 1. The van der Waals surface area contributed by atoms with Crippen LogP contribution in [0.1, 0.15) is 18.9 Å². The van der Waals surface area contributed by atoms with Gasteiger partial charge < -0.3 is 19.5 Å². The van der Waals surface area contributed by atoms with Crippen molar-refractivity contribution in [3.63, 3.8) is 0 Å². The molecule has 6 nitrogen and oxygen atoms in total. The maximum absolute atomic E-state index is 11.7. The van der Waals surface area contributed by atoms with Crippen molar-refractivity contribution in [1.82, 2.24) is 0 Å². The lowest BCUT2D eigenvalue weighted by molar-refractivity contribution is -0.138. The fourth-order valence-electron chi connectivity index (χ4n) is 2.36. The number of anilines is 1. The summed E-state index contributed by atoms with van der Waals surface area (Å²) in [5.41, 5.74) is 2.11. The third kappa shape index (κ3) is 2.63. The van der Waals surface area contributed by atoms with Gasteiger partial charge in [0.05, 0.1) is 6.07 Å². The first-order valence-corrected chi connectivity index (χ1v) is 6.63. The van der Waals surface area contributed by atoms with Crippen molar-refractivity contribution in [1.29, 1.82) is 5.26 Å². The second-order valence-electron chi connectivity index (χ2n) is 4.89. The smallest absolute Gasteiger partial charge is 0.334 e. The maximum atomic E-state index is 11.7. The Morgan fingerprint density at radius 1 is 1.43 bits per heavy atom. The second kappa shape index (κ2) is 5.37. The van der Waals surface area contributed by atoms with E-state index in [1.165, 1.54) is 0 Å². The van der Waals surface area contributed by atoms with Gasteiger partial charge in [-0.3, -0.25) is 0 Å². The number of carbonyl (C=O) groups is 1. The fraction of sp³-hybridized carbons (Fsp3) is 0.333. The second-order valence-corrected chi connectivity index (χ2v) is 4.89. The maximum Gasteiger partial charge on any atom is 0.334 e. The van der Waals surface area contributed by atoms with E-state index in [0.717, 1.165) is 11.3 Å². The van der Waals surface area contributed by atoms with Crippen LogP contribution in [0.2, 0.25) is 0 Å². The van der Waals surface area contributed by atoms with E-state index < -0.39 is 0 Å². The zero-order valence-corrected chi connectivity index (χ0v) is 11.5. The Morgan fingerprint density at radius 2 is 2.19 bits per heavy atom. The molecule has 3 rings (SSSR count). The molecule has 1 aromatic rings. The predicted molar refractivity (Wildman–Crippen MR) is 74.8 cm³/mol. The molecule has 0 radical (unpaired) electrons. The minimum atomic E-state index is -0.300. The lowest BCUT2D eigenvalue weighted by Crippen LogP contribution is -2.01. The molecular weight excluding hydrogens is 272 g/mol. The van der Waals surface area contributed by atoms with Gasteiger partial charge in [0.1, 0.15) is 12.6 Å². The number of carbonyl (C=O) groups excluding carboxylic acids is 1. The van der Waals surface area contributed by atoms with Gasteiger partial charge in [0, 0.05) is 29.3 Å². The van der Waals surface area contributed by atoms with Crippen molar-refractivity contribution in [3.8, 4) is 17.6 Å². The van der Waals surface area contributed by atoms with Crippen LogP contribution in [-0.4, -0.2) is 25.4 Å². The Kier molecular flexibility index (Phi) is 3.40. The monoisotopic (exact) mass is 286 g/mol. The van der Waals surface area contributed by atoms with Gasteiger partial charge >= 0.3 is 5.97 Å². The zero-order valence-electron chi connectivity index (χ0n) is 11.5. The molecule has 1 saturated heterocycles. The molecule has 0 amide bonds. The number of esters is 1. The summed E-state index contributed by atoms with van der Waals surface area (Å²) in [4.78, 5) is 11.7. The summed E-state index contributed by atoms with van der Waals surface area (Å²) < 4.78 is 15.8. The standard InChI is InChI=1S/C15H14N2O4/c1-9-4-11(15(18)21-9)5-10-6-13-14(20-8-19-13)7-12(10)17-3-2-16/h5-7,9,17H,3-4,8H2,1H3. The highest BCUT2D eigenvalue weighted by Gasteiger charge is 2.26. The Balaban J connectivity index is 1.98. The lowest BCUT2D eigenvalue weighted by atomic mass is 10.1. The molecule has 2 aliphatic rings. The van der Waals surface area contributed by atoms with Gasteiger partial charge in [-0.1, -0.05) is 0 Å².